The molecular formula is C16H19BrN2O3S2. The second-order valence-corrected chi connectivity index (χ2v) is 10.3. The molecule has 0 N–H and O–H groups in total. The summed E-state index contributed by atoms with van der Waals surface area (Å²) in [5, 5.41) is 0. The number of rotatable bonds is 4. The van der Waals surface area contributed by atoms with Crippen molar-refractivity contribution in [3.05, 3.63) is 40.2 Å². The Morgan fingerprint density at radius 3 is 2.42 bits per heavy atom. The second kappa shape index (κ2) is 7.03. The first kappa shape index (κ1) is 17.7. The van der Waals surface area contributed by atoms with Gasteiger partial charge in [-0.05, 0) is 59.3 Å². The molecule has 2 heterocycles. The predicted molar refractivity (Wildman–Crippen MR) is 101 cm³/mol. The molecule has 1 saturated heterocycles. The summed E-state index contributed by atoms with van der Waals surface area (Å²) in [7, 11) is -1.77. The van der Waals surface area contributed by atoms with Gasteiger partial charge in [-0.3, -0.25) is 0 Å². The average Bonchev–Trinajstić information content (AvgIpc) is 3.02. The molecule has 3 rings (SSSR count). The van der Waals surface area contributed by atoms with Crippen molar-refractivity contribution in [1.82, 2.24) is 4.31 Å². The van der Waals surface area contributed by atoms with Crippen LogP contribution in [-0.2, 0) is 10.0 Å². The number of hydrogen-bond donors (Lipinski definition) is 0. The minimum absolute atomic E-state index is 0.102. The lowest BCUT2D eigenvalue weighted by molar-refractivity contribution is 0.343. The van der Waals surface area contributed by atoms with Crippen LogP contribution in [0.1, 0.15) is 6.92 Å². The summed E-state index contributed by atoms with van der Waals surface area (Å²) < 4.78 is 33.5. The van der Waals surface area contributed by atoms with Crippen LogP contribution >= 0.6 is 27.3 Å². The molecule has 1 atom stereocenters. The van der Waals surface area contributed by atoms with E-state index >= 15 is 0 Å². The van der Waals surface area contributed by atoms with E-state index in [0.717, 1.165) is 15.2 Å². The molecule has 0 aliphatic carbocycles. The van der Waals surface area contributed by atoms with E-state index in [1.54, 1.807) is 23.5 Å². The molecule has 24 heavy (non-hydrogen) atoms. The molecule has 1 aliphatic rings. The minimum atomic E-state index is -3.42. The molecule has 0 radical (unpaired) electrons. The fourth-order valence-corrected chi connectivity index (χ4v) is 6.54. The normalized spacial score (nSPS) is 19.5. The van der Waals surface area contributed by atoms with Gasteiger partial charge in [-0.1, -0.05) is 0 Å². The van der Waals surface area contributed by atoms with Crippen LogP contribution in [0.3, 0.4) is 0 Å². The van der Waals surface area contributed by atoms with Crippen LogP contribution in [0.5, 0.6) is 5.75 Å². The standard InChI is InChI=1S/C16H19BrN2O3S2/c1-12-11-18(24(20,21)16-8-7-15(17)23-16)9-10-19(12)13-3-5-14(22-2)6-4-13/h3-8,12H,9-11H2,1-2H3. The molecule has 2 aromatic rings. The lowest BCUT2D eigenvalue weighted by atomic mass is 10.2. The van der Waals surface area contributed by atoms with Crippen molar-refractivity contribution in [2.24, 2.45) is 0 Å². The third kappa shape index (κ3) is 3.46. The Morgan fingerprint density at radius 1 is 1.17 bits per heavy atom. The molecule has 1 fully saturated rings. The van der Waals surface area contributed by atoms with E-state index in [2.05, 4.69) is 27.8 Å². The summed E-state index contributed by atoms with van der Waals surface area (Å²) in [6.45, 7) is 3.67. The molecule has 8 heteroatoms. The van der Waals surface area contributed by atoms with Crippen LogP contribution < -0.4 is 9.64 Å². The first-order valence-corrected chi connectivity index (χ1v) is 10.6. The lowest BCUT2D eigenvalue weighted by Gasteiger charge is -2.40. The summed E-state index contributed by atoms with van der Waals surface area (Å²) in [5.41, 5.74) is 1.08. The second-order valence-electron chi connectivity index (χ2n) is 5.66. The van der Waals surface area contributed by atoms with Crippen molar-refractivity contribution >= 4 is 43.0 Å². The summed E-state index contributed by atoms with van der Waals surface area (Å²) in [6, 6.07) is 11.4. The number of methoxy groups -OCH3 is 1. The zero-order valence-electron chi connectivity index (χ0n) is 13.5. The quantitative estimate of drug-likeness (QED) is 0.745. The summed E-state index contributed by atoms with van der Waals surface area (Å²) in [6.07, 6.45) is 0. The Balaban J connectivity index is 1.75. The van der Waals surface area contributed by atoms with Gasteiger partial charge in [0.15, 0.2) is 0 Å². The monoisotopic (exact) mass is 430 g/mol. The van der Waals surface area contributed by atoms with Crippen molar-refractivity contribution < 1.29 is 13.2 Å². The van der Waals surface area contributed by atoms with Crippen LogP contribution in [0.4, 0.5) is 5.69 Å². The molecule has 130 valence electrons. The number of ether oxygens (including phenoxy) is 1. The van der Waals surface area contributed by atoms with E-state index in [1.165, 1.54) is 11.3 Å². The fourth-order valence-electron chi connectivity index (χ4n) is 2.86. The van der Waals surface area contributed by atoms with Crippen molar-refractivity contribution in [2.75, 3.05) is 31.6 Å². The summed E-state index contributed by atoms with van der Waals surface area (Å²) >= 11 is 4.58. The van der Waals surface area contributed by atoms with Gasteiger partial charge in [0.1, 0.15) is 9.96 Å². The van der Waals surface area contributed by atoms with E-state index in [9.17, 15) is 8.42 Å². The van der Waals surface area contributed by atoms with Gasteiger partial charge in [0.2, 0.25) is 0 Å². The van der Waals surface area contributed by atoms with Crippen LogP contribution in [-0.4, -0.2) is 45.5 Å². The lowest BCUT2D eigenvalue weighted by Crippen LogP contribution is -2.53. The Kier molecular flexibility index (Phi) is 5.19. The smallest absolute Gasteiger partial charge is 0.252 e. The van der Waals surface area contributed by atoms with Crippen molar-refractivity contribution in [2.45, 2.75) is 17.2 Å². The molecule has 1 aromatic carbocycles. The maximum Gasteiger partial charge on any atom is 0.252 e. The van der Waals surface area contributed by atoms with Gasteiger partial charge in [-0.25, -0.2) is 8.42 Å². The van der Waals surface area contributed by atoms with Crippen LogP contribution in [0, 0.1) is 0 Å². The number of thiophene rings is 1. The molecule has 1 unspecified atom stereocenters. The third-order valence-corrected chi connectivity index (χ3v) is 8.09. The van der Waals surface area contributed by atoms with E-state index in [1.807, 2.05) is 24.3 Å². The van der Waals surface area contributed by atoms with E-state index in [-0.39, 0.29) is 6.04 Å². The molecule has 0 spiro atoms. The highest BCUT2D eigenvalue weighted by molar-refractivity contribution is 9.11. The zero-order chi connectivity index (χ0) is 17.3. The van der Waals surface area contributed by atoms with E-state index in [4.69, 9.17) is 4.74 Å². The topological polar surface area (TPSA) is 49.9 Å². The summed E-state index contributed by atoms with van der Waals surface area (Å²) in [5.74, 6) is 0.816. The summed E-state index contributed by atoms with van der Waals surface area (Å²) in [4.78, 5) is 2.23. The van der Waals surface area contributed by atoms with Gasteiger partial charge in [0.05, 0.1) is 10.9 Å². The van der Waals surface area contributed by atoms with Gasteiger partial charge in [-0.15, -0.1) is 11.3 Å². The number of piperazine rings is 1. The van der Waals surface area contributed by atoms with Crippen molar-refractivity contribution in [3.63, 3.8) is 0 Å². The molecule has 0 amide bonds. The SMILES string of the molecule is COc1ccc(N2CCN(S(=O)(=O)c3ccc(Br)s3)CC2C)cc1. The minimum Gasteiger partial charge on any atom is -0.497 e. The number of benzene rings is 1. The number of hydrogen-bond acceptors (Lipinski definition) is 5. The Labute approximate surface area is 155 Å². The Morgan fingerprint density at radius 2 is 1.88 bits per heavy atom. The highest BCUT2D eigenvalue weighted by Gasteiger charge is 2.33. The molecule has 1 aromatic heterocycles. The molecule has 0 saturated carbocycles. The van der Waals surface area contributed by atoms with Gasteiger partial charge in [0.25, 0.3) is 10.0 Å². The largest absolute Gasteiger partial charge is 0.497 e. The van der Waals surface area contributed by atoms with Crippen molar-refractivity contribution in [1.29, 1.82) is 0 Å². The maximum atomic E-state index is 12.8. The molecule has 1 aliphatic heterocycles. The van der Waals surface area contributed by atoms with E-state index < -0.39 is 10.0 Å². The molecule has 0 bridgehead atoms. The highest BCUT2D eigenvalue weighted by Crippen LogP contribution is 2.30. The zero-order valence-corrected chi connectivity index (χ0v) is 16.7. The highest BCUT2D eigenvalue weighted by atomic mass is 79.9. The third-order valence-electron chi connectivity index (χ3n) is 4.14. The Hall–Kier alpha value is -1.09. The number of sulfonamides is 1. The van der Waals surface area contributed by atoms with Crippen LogP contribution in [0.25, 0.3) is 0 Å². The van der Waals surface area contributed by atoms with Crippen LogP contribution in [0.2, 0.25) is 0 Å². The Bertz CT molecular complexity index is 805. The fraction of sp³-hybridized carbons (Fsp3) is 0.375. The average molecular weight is 431 g/mol. The number of nitrogens with zero attached hydrogens (tertiary/aromatic N) is 2. The van der Waals surface area contributed by atoms with Crippen molar-refractivity contribution in [3.8, 4) is 5.75 Å². The maximum absolute atomic E-state index is 12.8. The molecule has 5 nitrogen and oxygen atoms in total. The first-order valence-electron chi connectivity index (χ1n) is 7.58. The van der Waals surface area contributed by atoms with Gasteiger partial charge < -0.3 is 9.64 Å². The molecular weight excluding hydrogens is 412 g/mol. The number of anilines is 1. The first-order chi connectivity index (χ1) is 11.4. The van der Waals surface area contributed by atoms with Gasteiger partial charge in [0, 0.05) is 31.4 Å². The predicted octanol–water partition coefficient (Wildman–Crippen LogP) is 3.42. The van der Waals surface area contributed by atoms with Gasteiger partial charge >= 0.3 is 0 Å². The van der Waals surface area contributed by atoms with Gasteiger partial charge in [-0.2, -0.15) is 4.31 Å². The van der Waals surface area contributed by atoms with E-state index in [0.29, 0.717) is 23.8 Å². The number of halogens is 1. The van der Waals surface area contributed by atoms with Crippen LogP contribution in [0.15, 0.2) is 44.4 Å².